The molecule has 0 aromatic heterocycles. The second-order valence-corrected chi connectivity index (χ2v) is 14.7. The Bertz CT molecular complexity index is 940. The molecule has 5 aliphatic carbocycles. The van der Waals surface area contributed by atoms with Crippen molar-refractivity contribution >= 4 is 5.97 Å². The molecule has 3 saturated carbocycles. The molecule has 0 saturated heterocycles. The number of aliphatic hydroxyl groups excluding tert-OH is 1. The topological polar surface area (TPSA) is 57.5 Å². The minimum atomic E-state index is -0.657. The molecule has 0 amide bonds. The Morgan fingerprint density at radius 2 is 1.58 bits per heavy atom. The molecule has 0 aliphatic heterocycles. The predicted molar refractivity (Wildman–Crippen MR) is 133 cm³/mol. The summed E-state index contributed by atoms with van der Waals surface area (Å²) < 4.78 is 0. The van der Waals surface area contributed by atoms with Crippen LogP contribution in [0.25, 0.3) is 0 Å². The highest BCUT2D eigenvalue weighted by Crippen LogP contribution is 2.74. The van der Waals surface area contributed by atoms with Crippen LogP contribution in [0, 0.1) is 44.3 Å². The zero-order valence-electron chi connectivity index (χ0n) is 22.1. The first-order chi connectivity index (χ1) is 15.1. The number of hydrogen-bond acceptors (Lipinski definition) is 2. The zero-order chi connectivity index (χ0) is 24.2. The maximum atomic E-state index is 12.7. The standard InChI is InChI=1S/C30H46O3/c1-25(2)14-16-30(24(32)33)17-15-28(6)19(20(30)18-25)8-9-22-27(5)12-11-23(31)26(3,4)21(27)10-13-29(22,28)7/h8-9,21-23,31H,10-18H2,1-7H3,(H,32,33)/t21?,22-,23+,27+,28-,29-,30+/m1/s1. The number of rotatable bonds is 1. The van der Waals surface area contributed by atoms with Crippen LogP contribution in [0.1, 0.15) is 106 Å². The molecule has 184 valence electrons. The average molecular weight is 455 g/mol. The molecule has 3 fully saturated rings. The molecule has 0 spiro atoms. The Morgan fingerprint density at radius 1 is 0.909 bits per heavy atom. The van der Waals surface area contributed by atoms with Crippen LogP contribution in [-0.2, 0) is 4.79 Å². The molecule has 0 radical (unpaired) electrons. The summed E-state index contributed by atoms with van der Waals surface area (Å²) in [7, 11) is 0. The summed E-state index contributed by atoms with van der Waals surface area (Å²) in [4.78, 5) is 12.7. The van der Waals surface area contributed by atoms with Crippen molar-refractivity contribution in [3.8, 4) is 0 Å². The fraction of sp³-hybridized carbons (Fsp3) is 0.833. The lowest BCUT2D eigenvalue weighted by atomic mass is 9.35. The molecule has 2 N–H and O–H groups in total. The van der Waals surface area contributed by atoms with Gasteiger partial charge in [0.05, 0.1) is 11.5 Å². The highest BCUT2D eigenvalue weighted by Gasteiger charge is 2.67. The molecule has 5 rings (SSSR count). The van der Waals surface area contributed by atoms with Crippen molar-refractivity contribution in [3.05, 3.63) is 23.3 Å². The second-order valence-electron chi connectivity index (χ2n) is 14.7. The van der Waals surface area contributed by atoms with E-state index >= 15 is 0 Å². The van der Waals surface area contributed by atoms with Crippen LogP contribution in [0.5, 0.6) is 0 Å². The molecule has 0 aromatic carbocycles. The van der Waals surface area contributed by atoms with Gasteiger partial charge in [-0.3, -0.25) is 4.79 Å². The van der Waals surface area contributed by atoms with Crippen LogP contribution in [0.2, 0.25) is 0 Å². The molecule has 1 unspecified atom stereocenters. The van der Waals surface area contributed by atoms with Crippen LogP contribution in [-0.4, -0.2) is 22.3 Å². The maximum Gasteiger partial charge on any atom is 0.313 e. The van der Waals surface area contributed by atoms with E-state index in [2.05, 4.69) is 60.6 Å². The van der Waals surface area contributed by atoms with Gasteiger partial charge in [-0.05, 0) is 108 Å². The molecule has 0 bridgehead atoms. The van der Waals surface area contributed by atoms with Gasteiger partial charge in [0, 0.05) is 0 Å². The van der Waals surface area contributed by atoms with Crippen molar-refractivity contribution in [1.29, 1.82) is 0 Å². The Morgan fingerprint density at radius 3 is 2.24 bits per heavy atom. The number of carboxylic acids is 1. The van der Waals surface area contributed by atoms with E-state index < -0.39 is 11.4 Å². The summed E-state index contributed by atoms with van der Waals surface area (Å²) in [5.74, 6) is 0.394. The van der Waals surface area contributed by atoms with Gasteiger partial charge in [-0.2, -0.15) is 0 Å². The predicted octanol–water partition coefficient (Wildman–Crippen LogP) is 7.15. The third-order valence-electron chi connectivity index (χ3n) is 12.4. The summed E-state index contributed by atoms with van der Waals surface area (Å²) in [6.07, 6.45) is 13.4. The van der Waals surface area contributed by atoms with Crippen LogP contribution in [0.3, 0.4) is 0 Å². The van der Waals surface area contributed by atoms with Crippen molar-refractivity contribution < 1.29 is 15.0 Å². The molecular weight excluding hydrogens is 408 g/mol. The maximum absolute atomic E-state index is 12.7. The summed E-state index contributed by atoms with van der Waals surface area (Å²) in [6, 6.07) is 0. The molecule has 0 heterocycles. The number of aliphatic hydroxyl groups is 1. The summed E-state index contributed by atoms with van der Waals surface area (Å²) in [5, 5.41) is 21.3. The Labute approximate surface area is 201 Å². The molecular formula is C30H46O3. The first-order valence-corrected chi connectivity index (χ1v) is 13.5. The lowest BCUT2D eigenvalue weighted by molar-refractivity contribution is -0.183. The van der Waals surface area contributed by atoms with Crippen molar-refractivity contribution in [2.24, 2.45) is 44.3 Å². The van der Waals surface area contributed by atoms with E-state index in [0.29, 0.717) is 11.8 Å². The molecule has 0 aromatic rings. The first kappa shape index (κ1) is 23.6. The zero-order valence-corrected chi connectivity index (χ0v) is 22.1. The number of aliphatic carboxylic acids is 1. The van der Waals surface area contributed by atoms with Gasteiger partial charge in [-0.25, -0.2) is 0 Å². The Balaban J connectivity index is 1.68. The lowest BCUT2D eigenvalue weighted by Gasteiger charge is -2.69. The van der Waals surface area contributed by atoms with Crippen LogP contribution < -0.4 is 0 Å². The summed E-state index contributed by atoms with van der Waals surface area (Å²) in [5.41, 5.74) is 2.40. The molecule has 33 heavy (non-hydrogen) atoms. The van der Waals surface area contributed by atoms with Gasteiger partial charge < -0.3 is 10.2 Å². The van der Waals surface area contributed by atoms with E-state index in [0.717, 1.165) is 57.8 Å². The number of fused-ring (bicyclic) bond motifs is 6. The largest absolute Gasteiger partial charge is 0.481 e. The Kier molecular flexibility index (Phi) is 4.85. The highest BCUT2D eigenvalue weighted by atomic mass is 16.4. The van der Waals surface area contributed by atoms with Gasteiger partial charge in [0.2, 0.25) is 0 Å². The highest BCUT2D eigenvalue weighted by molar-refractivity contribution is 5.80. The van der Waals surface area contributed by atoms with Crippen molar-refractivity contribution in [2.45, 2.75) is 112 Å². The lowest BCUT2D eigenvalue weighted by Crippen LogP contribution is -2.63. The molecule has 3 heteroatoms. The van der Waals surface area contributed by atoms with Gasteiger partial charge in [0.15, 0.2) is 0 Å². The Hall–Kier alpha value is -1.09. The van der Waals surface area contributed by atoms with Crippen molar-refractivity contribution in [3.63, 3.8) is 0 Å². The SMILES string of the molecule is CC1(C)CC[C@]2(C(=O)O)CC[C@]3(C)C(=C2C1)C=C[C@@H]1[C@@]2(C)CC[C@H](O)C(C)(C)C2CC[C@]13C. The minimum absolute atomic E-state index is 0.0162. The molecule has 7 atom stereocenters. The first-order valence-electron chi connectivity index (χ1n) is 13.5. The van der Waals surface area contributed by atoms with Gasteiger partial charge >= 0.3 is 5.97 Å². The van der Waals surface area contributed by atoms with E-state index in [1.807, 2.05) is 0 Å². The quantitative estimate of drug-likeness (QED) is 0.442. The fourth-order valence-corrected chi connectivity index (χ4v) is 9.94. The van der Waals surface area contributed by atoms with Gasteiger partial charge in [-0.1, -0.05) is 60.6 Å². The van der Waals surface area contributed by atoms with Crippen LogP contribution >= 0.6 is 0 Å². The number of carboxylic acid groups (broad SMARTS) is 1. The summed E-state index contributed by atoms with van der Waals surface area (Å²) in [6.45, 7) is 16.7. The van der Waals surface area contributed by atoms with Crippen LogP contribution in [0.4, 0.5) is 0 Å². The monoisotopic (exact) mass is 454 g/mol. The smallest absolute Gasteiger partial charge is 0.313 e. The van der Waals surface area contributed by atoms with E-state index in [-0.39, 0.29) is 33.2 Å². The third kappa shape index (κ3) is 2.81. The van der Waals surface area contributed by atoms with E-state index in [1.165, 1.54) is 11.1 Å². The van der Waals surface area contributed by atoms with Gasteiger partial charge in [-0.15, -0.1) is 0 Å². The van der Waals surface area contributed by atoms with E-state index in [1.54, 1.807) is 0 Å². The summed E-state index contributed by atoms with van der Waals surface area (Å²) >= 11 is 0. The van der Waals surface area contributed by atoms with Crippen molar-refractivity contribution in [1.82, 2.24) is 0 Å². The van der Waals surface area contributed by atoms with Crippen LogP contribution in [0.15, 0.2) is 23.3 Å². The number of carbonyl (C=O) groups is 1. The van der Waals surface area contributed by atoms with Gasteiger partial charge in [0.25, 0.3) is 0 Å². The van der Waals surface area contributed by atoms with Crippen molar-refractivity contribution in [2.75, 3.05) is 0 Å². The average Bonchev–Trinajstić information content (AvgIpc) is 2.71. The second kappa shape index (κ2) is 6.77. The fourth-order valence-electron chi connectivity index (χ4n) is 9.94. The molecule has 3 nitrogen and oxygen atoms in total. The molecule has 5 aliphatic rings. The van der Waals surface area contributed by atoms with Gasteiger partial charge in [0.1, 0.15) is 0 Å². The van der Waals surface area contributed by atoms with E-state index in [9.17, 15) is 15.0 Å². The normalized spacial score (nSPS) is 50.0. The number of allylic oxidation sites excluding steroid dienone is 3. The minimum Gasteiger partial charge on any atom is -0.481 e. The number of hydrogen-bond donors (Lipinski definition) is 2. The third-order valence-corrected chi connectivity index (χ3v) is 12.4. The van der Waals surface area contributed by atoms with E-state index in [4.69, 9.17) is 0 Å².